The number of para-hydroxylation sites is 1. The topological polar surface area (TPSA) is 42.2 Å². The number of aromatic nitrogens is 1. The highest BCUT2D eigenvalue weighted by Crippen LogP contribution is 2.26. The van der Waals surface area contributed by atoms with E-state index in [4.69, 9.17) is 5.11 Å². The van der Waals surface area contributed by atoms with Crippen molar-refractivity contribution in [2.24, 2.45) is 5.92 Å². The fourth-order valence-corrected chi connectivity index (χ4v) is 2.31. The Bertz CT molecular complexity index is 533. The number of hydrogen-bond acceptors (Lipinski definition) is 1. The van der Waals surface area contributed by atoms with Gasteiger partial charge in [0.15, 0.2) is 0 Å². The molecule has 0 radical (unpaired) electrons. The summed E-state index contributed by atoms with van der Waals surface area (Å²) in [6, 6.07) is 7.94. The molecule has 2 aromatic rings. The summed E-state index contributed by atoms with van der Waals surface area (Å²) in [6.45, 7) is 2.20. The summed E-state index contributed by atoms with van der Waals surface area (Å²) in [5.41, 5.74) is 1.06. The molecular weight excluding hydrogens is 270 g/mol. The molecule has 1 aromatic carbocycles. The highest BCUT2D eigenvalue weighted by molar-refractivity contribution is 9.10. The van der Waals surface area contributed by atoms with Gasteiger partial charge in [0, 0.05) is 28.1 Å². The molecule has 1 unspecified atom stereocenters. The molecule has 84 valence electrons. The summed E-state index contributed by atoms with van der Waals surface area (Å²) in [7, 11) is 0. The van der Waals surface area contributed by atoms with Crippen LogP contribution in [0.3, 0.4) is 0 Å². The number of benzene rings is 1. The van der Waals surface area contributed by atoms with Gasteiger partial charge in [-0.3, -0.25) is 4.79 Å². The first kappa shape index (κ1) is 11.2. The predicted octanol–water partition coefficient (Wildman–Crippen LogP) is 3.12. The van der Waals surface area contributed by atoms with Crippen molar-refractivity contribution in [2.75, 3.05) is 0 Å². The van der Waals surface area contributed by atoms with E-state index in [0.29, 0.717) is 6.54 Å². The number of hydrogen-bond donors (Lipinski definition) is 1. The van der Waals surface area contributed by atoms with Gasteiger partial charge in [-0.05, 0) is 22.0 Å². The SMILES string of the molecule is CC(Cn1cc(Br)c2ccccc21)C(=O)O. The van der Waals surface area contributed by atoms with E-state index in [1.54, 1.807) is 6.92 Å². The third-order valence-corrected chi connectivity index (χ3v) is 3.26. The van der Waals surface area contributed by atoms with Crippen LogP contribution >= 0.6 is 15.9 Å². The molecular formula is C12H12BrNO2. The van der Waals surface area contributed by atoms with Gasteiger partial charge in [-0.1, -0.05) is 25.1 Å². The molecule has 16 heavy (non-hydrogen) atoms. The number of fused-ring (bicyclic) bond motifs is 1. The van der Waals surface area contributed by atoms with E-state index in [0.717, 1.165) is 15.4 Å². The minimum atomic E-state index is -0.770. The van der Waals surface area contributed by atoms with Crippen molar-refractivity contribution in [3.8, 4) is 0 Å². The van der Waals surface area contributed by atoms with Crippen LogP contribution in [0.2, 0.25) is 0 Å². The molecule has 0 spiro atoms. The standard InChI is InChI=1S/C12H12BrNO2/c1-8(12(15)16)6-14-7-10(13)9-4-2-3-5-11(9)14/h2-5,7-8H,6H2,1H3,(H,15,16). The Labute approximate surface area is 102 Å². The van der Waals surface area contributed by atoms with E-state index in [9.17, 15) is 4.79 Å². The highest BCUT2D eigenvalue weighted by atomic mass is 79.9. The number of carboxylic acid groups (broad SMARTS) is 1. The summed E-state index contributed by atoms with van der Waals surface area (Å²) in [6.07, 6.45) is 1.93. The van der Waals surface area contributed by atoms with Crippen molar-refractivity contribution in [1.29, 1.82) is 0 Å². The van der Waals surface area contributed by atoms with Gasteiger partial charge in [-0.25, -0.2) is 0 Å². The normalized spacial score (nSPS) is 12.9. The van der Waals surface area contributed by atoms with E-state index in [-0.39, 0.29) is 5.92 Å². The van der Waals surface area contributed by atoms with Crippen LogP contribution in [0.25, 0.3) is 10.9 Å². The number of carbonyl (C=O) groups is 1. The average molecular weight is 282 g/mol. The van der Waals surface area contributed by atoms with Crippen LogP contribution in [0.5, 0.6) is 0 Å². The Morgan fingerprint density at radius 2 is 2.19 bits per heavy atom. The van der Waals surface area contributed by atoms with Crippen LogP contribution in [0, 0.1) is 5.92 Å². The van der Waals surface area contributed by atoms with Crippen LogP contribution in [-0.2, 0) is 11.3 Å². The molecule has 0 aliphatic rings. The lowest BCUT2D eigenvalue weighted by Crippen LogP contribution is -2.16. The van der Waals surface area contributed by atoms with Crippen LogP contribution in [-0.4, -0.2) is 15.6 Å². The zero-order valence-corrected chi connectivity index (χ0v) is 10.4. The third-order valence-electron chi connectivity index (χ3n) is 2.63. The van der Waals surface area contributed by atoms with Gasteiger partial charge in [0.05, 0.1) is 5.92 Å². The van der Waals surface area contributed by atoms with Crippen molar-refractivity contribution >= 4 is 32.8 Å². The van der Waals surface area contributed by atoms with Crippen LogP contribution in [0.1, 0.15) is 6.92 Å². The summed E-state index contributed by atoms with van der Waals surface area (Å²) in [5.74, 6) is -1.16. The van der Waals surface area contributed by atoms with Gasteiger partial charge in [0.1, 0.15) is 0 Å². The van der Waals surface area contributed by atoms with Crippen LogP contribution < -0.4 is 0 Å². The van der Waals surface area contributed by atoms with Crippen molar-refractivity contribution in [2.45, 2.75) is 13.5 Å². The fourth-order valence-electron chi connectivity index (χ4n) is 1.73. The molecule has 3 nitrogen and oxygen atoms in total. The molecule has 4 heteroatoms. The van der Waals surface area contributed by atoms with Gasteiger partial charge in [0.2, 0.25) is 0 Å². The maximum atomic E-state index is 10.8. The minimum absolute atomic E-state index is 0.386. The largest absolute Gasteiger partial charge is 0.481 e. The van der Waals surface area contributed by atoms with E-state index < -0.39 is 5.97 Å². The first-order valence-electron chi connectivity index (χ1n) is 5.06. The first-order valence-corrected chi connectivity index (χ1v) is 5.85. The number of aliphatic carboxylic acids is 1. The second kappa shape index (κ2) is 4.29. The summed E-state index contributed by atoms with van der Waals surface area (Å²) < 4.78 is 2.97. The minimum Gasteiger partial charge on any atom is -0.481 e. The van der Waals surface area contributed by atoms with Gasteiger partial charge in [-0.2, -0.15) is 0 Å². The van der Waals surface area contributed by atoms with E-state index >= 15 is 0 Å². The van der Waals surface area contributed by atoms with Gasteiger partial charge in [-0.15, -0.1) is 0 Å². The summed E-state index contributed by atoms with van der Waals surface area (Å²) >= 11 is 3.48. The molecule has 0 saturated carbocycles. The van der Waals surface area contributed by atoms with Crippen molar-refractivity contribution in [1.82, 2.24) is 4.57 Å². The Morgan fingerprint density at radius 3 is 2.88 bits per heavy atom. The molecule has 0 fully saturated rings. The summed E-state index contributed by atoms with van der Waals surface area (Å²) in [5, 5.41) is 10.0. The number of nitrogens with zero attached hydrogens (tertiary/aromatic N) is 1. The molecule has 1 heterocycles. The quantitative estimate of drug-likeness (QED) is 0.939. The second-order valence-electron chi connectivity index (χ2n) is 3.89. The van der Waals surface area contributed by atoms with Crippen molar-refractivity contribution < 1.29 is 9.90 Å². The Hall–Kier alpha value is -1.29. The van der Waals surface area contributed by atoms with Crippen molar-refractivity contribution in [3.05, 3.63) is 34.9 Å². The highest BCUT2D eigenvalue weighted by Gasteiger charge is 2.13. The molecule has 0 aliphatic heterocycles. The molecule has 1 N–H and O–H groups in total. The maximum Gasteiger partial charge on any atom is 0.308 e. The molecule has 2 rings (SSSR count). The van der Waals surface area contributed by atoms with Gasteiger partial charge >= 0.3 is 5.97 Å². The average Bonchev–Trinajstić information content (AvgIpc) is 2.57. The lowest BCUT2D eigenvalue weighted by atomic mass is 10.2. The van der Waals surface area contributed by atoms with Crippen molar-refractivity contribution in [3.63, 3.8) is 0 Å². The van der Waals surface area contributed by atoms with E-state index in [1.165, 1.54) is 0 Å². The monoisotopic (exact) mass is 281 g/mol. The maximum absolute atomic E-state index is 10.8. The number of carboxylic acids is 1. The Balaban J connectivity index is 2.42. The van der Waals surface area contributed by atoms with Gasteiger partial charge in [0.25, 0.3) is 0 Å². The molecule has 0 bridgehead atoms. The summed E-state index contributed by atoms with van der Waals surface area (Å²) in [4.78, 5) is 10.8. The van der Waals surface area contributed by atoms with Crippen LogP contribution in [0.15, 0.2) is 34.9 Å². The predicted molar refractivity (Wildman–Crippen MR) is 66.4 cm³/mol. The van der Waals surface area contributed by atoms with E-state index in [1.807, 2.05) is 35.0 Å². The molecule has 0 aliphatic carbocycles. The molecule has 0 saturated heterocycles. The Morgan fingerprint density at radius 1 is 1.50 bits per heavy atom. The third kappa shape index (κ3) is 1.97. The fraction of sp³-hybridized carbons (Fsp3) is 0.250. The lowest BCUT2D eigenvalue weighted by Gasteiger charge is -2.08. The molecule has 1 atom stereocenters. The molecule has 0 amide bonds. The molecule has 1 aromatic heterocycles. The smallest absolute Gasteiger partial charge is 0.308 e. The van der Waals surface area contributed by atoms with Gasteiger partial charge < -0.3 is 9.67 Å². The zero-order valence-electron chi connectivity index (χ0n) is 8.85. The number of halogens is 1. The van der Waals surface area contributed by atoms with Crippen LogP contribution in [0.4, 0.5) is 0 Å². The lowest BCUT2D eigenvalue weighted by molar-refractivity contribution is -0.141. The number of rotatable bonds is 3. The first-order chi connectivity index (χ1) is 7.59. The zero-order chi connectivity index (χ0) is 11.7. The Kier molecular flexibility index (Phi) is 3.01. The second-order valence-corrected chi connectivity index (χ2v) is 4.74. The van der Waals surface area contributed by atoms with E-state index in [2.05, 4.69) is 15.9 Å².